The number of carbonyl (C=O) groups is 1. The number of rotatable bonds is 3. The molecule has 0 aliphatic heterocycles. The number of amides is 1. The molecule has 2 unspecified atom stereocenters. The van der Waals surface area contributed by atoms with Crippen LogP contribution in [0.25, 0.3) is 0 Å². The largest absolute Gasteiger partial charge is 0.393 e. The van der Waals surface area contributed by atoms with Crippen molar-refractivity contribution < 1.29 is 9.90 Å². The fourth-order valence-electron chi connectivity index (χ4n) is 3.36. The van der Waals surface area contributed by atoms with Gasteiger partial charge in [-0.1, -0.05) is 12.8 Å². The van der Waals surface area contributed by atoms with E-state index in [9.17, 15) is 9.90 Å². The molecule has 2 fully saturated rings. The molecule has 2 aliphatic carbocycles. The molecule has 2 atom stereocenters. The van der Waals surface area contributed by atoms with Gasteiger partial charge in [-0.15, -0.1) is 0 Å². The quantitative estimate of drug-likeness (QED) is 0.707. The Balaban J connectivity index is 1.82. The minimum Gasteiger partial charge on any atom is -0.393 e. The summed E-state index contributed by atoms with van der Waals surface area (Å²) in [7, 11) is 0. The summed E-state index contributed by atoms with van der Waals surface area (Å²) in [5.41, 5.74) is 5.77. The molecule has 2 saturated carbocycles. The maximum absolute atomic E-state index is 12.3. The number of hydrogen-bond donors (Lipinski definition) is 3. The molecule has 0 aromatic carbocycles. The van der Waals surface area contributed by atoms with Crippen LogP contribution >= 0.6 is 0 Å². The lowest BCUT2D eigenvalue weighted by Gasteiger charge is -2.32. The second kappa shape index (κ2) is 6.53. The third-order valence-electron chi connectivity index (χ3n) is 4.59. The normalized spacial score (nSPS) is 37.2. The summed E-state index contributed by atoms with van der Waals surface area (Å²) in [5.74, 6) is 0.690. The van der Waals surface area contributed by atoms with E-state index in [0.717, 1.165) is 44.9 Å². The van der Waals surface area contributed by atoms with Crippen LogP contribution < -0.4 is 11.1 Å². The Morgan fingerprint density at radius 1 is 1.11 bits per heavy atom. The van der Waals surface area contributed by atoms with Crippen molar-refractivity contribution in [2.24, 2.45) is 17.6 Å². The summed E-state index contributed by atoms with van der Waals surface area (Å²) in [4.78, 5) is 12.3. The van der Waals surface area contributed by atoms with E-state index in [1.54, 1.807) is 0 Å². The molecule has 0 aromatic heterocycles. The predicted octanol–water partition coefficient (Wildman–Crippen LogP) is 1.17. The van der Waals surface area contributed by atoms with Gasteiger partial charge in [-0.3, -0.25) is 4.79 Å². The van der Waals surface area contributed by atoms with Gasteiger partial charge in [0.15, 0.2) is 0 Å². The Morgan fingerprint density at radius 3 is 2.44 bits per heavy atom. The number of carbonyl (C=O) groups excluding carboxylic acids is 1. The lowest BCUT2D eigenvalue weighted by atomic mass is 9.78. The first-order valence-electron chi connectivity index (χ1n) is 7.39. The Bertz CT molecular complexity index is 275. The zero-order valence-corrected chi connectivity index (χ0v) is 11.1. The van der Waals surface area contributed by atoms with Gasteiger partial charge in [-0.25, -0.2) is 0 Å². The molecule has 4 N–H and O–H groups in total. The van der Waals surface area contributed by atoms with Crippen molar-refractivity contribution in [2.45, 2.75) is 63.5 Å². The highest BCUT2D eigenvalue weighted by Crippen LogP contribution is 2.30. The molecule has 0 saturated heterocycles. The van der Waals surface area contributed by atoms with Crippen molar-refractivity contribution in [1.29, 1.82) is 0 Å². The summed E-state index contributed by atoms with van der Waals surface area (Å²) >= 11 is 0. The fourth-order valence-corrected chi connectivity index (χ4v) is 3.36. The number of nitrogens with one attached hydrogen (secondary N) is 1. The van der Waals surface area contributed by atoms with Crippen LogP contribution in [-0.4, -0.2) is 29.7 Å². The predicted molar refractivity (Wildman–Crippen MR) is 70.9 cm³/mol. The Labute approximate surface area is 109 Å². The van der Waals surface area contributed by atoms with Crippen LogP contribution in [0.4, 0.5) is 0 Å². The van der Waals surface area contributed by atoms with Crippen LogP contribution in [0.2, 0.25) is 0 Å². The van der Waals surface area contributed by atoms with Gasteiger partial charge in [-0.2, -0.15) is 0 Å². The minimum atomic E-state index is -0.162. The zero-order valence-electron chi connectivity index (χ0n) is 11.1. The highest BCUT2D eigenvalue weighted by atomic mass is 16.3. The second-order valence-electron chi connectivity index (χ2n) is 5.90. The van der Waals surface area contributed by atoms with Crippen molar-refractivity contribution in [3.05, 3.63) is 0 Å². The van der Waals surface area contributed by atoms with Gasteiger partial charge in [-0.05, 0) is 51.0 Å². The maximum Gasteiger partial charge on any atom is 0.223 e. The molecule has 1 amide bonds. The van der Waals surface area contributed by atoms with Gasteiger partial charge in [0, 0.05) is 12.0 Å². The van der Waals surface area contributed by atoms with Gasteiger partial charge < -0.3 is 16.2 Å². The van der Waals surface area contributed by atoms with E-state index in [1.807, 2.05) is 0 Å². The van der Waals surface area contributed by atoms with E-state index in [0.29, 0.717) is 12.5 Å². The van der Waals surface area contributed by atoms with Crippen molar-refractivity contribution in [3.8, 4) is 0 Å². The lowest BCUT2D eigenvalue weighted by molar-refractivity contribution is -0.128. The molecule has 0 spiro atoms. The highest BCUT2D eigenvalue weighted by molar-refractivity contribution is 5.79. The van der Waals surface area contributed by atoms with Crippen molar-refractivity contribution in [2.75, 3.05) is 6.54 Å². The summed E-state index contributed by atoms with van der Waals surface area (Å²) in [5, 5.41) is 12.6. The third-order valence-corrected chi connectivity index (χ3v) is 4.59. The van der Waals surface area contributed by atoms with E-state index in [1.165, 1.54) is 6.42 Å². The summed E-state index contributed by atoms with van der Waals surface area (Å²) in [6.07, 6.45) is 7.73. The SMILES string of the molecule is NCC1CCCCC1C(=O)NC1CCC(O)CC1. The Hall–Kier alpha value is -0.610. The molecule has 0 bridgehead atoms. The molecule has 104 valence electrons. The molecule has 0 heterocycles. The monoisotopic (exact) mass is 254 g/mol. The molecule has 0 radical (unpaired) electrons. The molecule has 0 aromatic rings. The first kappa shape index (κ1) is 13.8. The first-order valence-corrected chi connectivity index (χ1v) is 7.39. The van der Waals surface area contributed by atoms with Gasteiger partial charge in [0.1, 0.15) is 0 Å². The summed E-state index contributed by atoms with van der Waals surface area (Å²) < 4.78 is 0. The van der Waals surface area contributed by atoms with Gasteiger partial charge >= 0.3 is 0 Å². The van der Waals surface area contributed by atoms with Gasteiger partial charge in [0.2, 0.25) is 5.91 Å². The average Bonchev–Trinajstić information content (AvgIpc) is 2.41. The minimum absolute atomic E-state index is 0.121. The van der Waals surface area contributed by atoms with Crippen molar-refractivity contribution in [1.82, 2.24) is 5.32 Å². The van der Waals surface area contributed by atoms with Gasteiger partial charge in [0.25, 0.3) is 0 Å². The van der Waals surface area contributed by atoms with Crippen LogP contribution in [0.5, 0.6) is 0 Å². The molecule has 4 nitrogen and oxygen atoms in total. The van der Waals surface area contributed by atoms with Crippen molar-refractivity contribution in [3.63, 3.8) is 0 Å². The molecule has 18 heavy (non-hydrogen) atoms. The van der Waals surface area contributed by atoms with Crippen LogP contribution in [-0.2, 0) is 4.79 Å². The Morgan fingerprint density at radius 2 is 1.78 bits per heavy atom. The summed E-state index contributed by atoms with van der Waals surface area (Å²) in [6, 6.07) is 0.265. The summed E-state index contributed by atoms with van der Waals surface area (Å²) in [6.45, 7) is 0.626. The number of nitrogens with two attached hydrogens (primary N) is 1. The maximum atomic E-state index is 12.3. The smallest absolute Gasteiger partial charge is 0.223 e. The molecule has 4 heteroatoms. The first-order chi connectivity index (χ1) is 8.70. The molecule has 2 rings (SSSR count). The van der Waals surface area contributed by atoms with Gasteiger partial charge in [0.05, 0.1) is 6.10 Å². The van der Waals surface area contributed by atoms with Crippen LogP contribution in [0.1, 0.15) is 51.4 Å². The Kier molecular flexibility index (Phi) is 5.01. The van der Waals surface area contributed by atoms with Crippen LogP contribution in [0.3, 0.4) is 0 Å². The fraction of sp³-hybridized carbons (Fsp3) is 0.929. The lowest BCUT2D eigenvalue weighted by Crippen LogP contribution is -2.45. The number of aliphatic hydroxyl groups excluding tert-OH is 1. The van der Waals surface area contributed by atoms with Crippen molar-refractivity contribution >= 4 is 5.91 Å². The zero-order chi connectivity index (χ0) is 13.0. The number of hydrogen-bond acceptors (Lipinski definition) is 3. The van der Waals surface area contributed by atoms with E-state index in [4.69, 9.17) is 5.73 Å². The van der Waals surface area contributed by atoms with Crippen LogP contribution in [0, 0.1) is 11.8 Å². The molecular formula is C14H26N2O2. The standard InChI is InChI=1S/C14H26N2O2/c15-9-10-3-1-2-4-13(10)14(18)16-11-5-7-12(17)8-6-11/h10-13,17H,1-9,15H2,(H,16,18). The molecular weight excluding hydrogens is 228 g/mol. The van der Waals surface area contributed by atoms with E-state index in [2.05, 4.69) is 5.32 Å². The van der Waals surface area contributed by atoms with E-state index >= 15 is 0 Å². The third kappa shape index (κ3) is 3.45. The molecule has 2 aliphatic rings. The van der Waals surface area contributed by atoms with Crippen LogP contribution in [0.15, 0.2) is 0 Å². The van der Waals surface area contributed by atoms with E-state index in [-0.39, 0.29) is 24.0 Å². The number of aliphatic hydroxyl groups is 1. The highest BCUT2D eigenvalue weighted by Gasteiger charge is 2.31. The second-order valence-corrected chi connectivity index (χ2v) is 5.90. The topological polar surface area (TPSA) is 75.4 Å². The average molecular weight is 254 g/mol. The van der Waals surface area contributed by atoms with E-state index < -0.39 is 0 Å².